The number of aromatic nitrogens is 1. The van der Waals surface area contributed by atoms with Gasteiger partial charge in [0.25, 0.3) is 0 Å². The van der Waals surface area contributed by atoms with Crippen LogP contribution in [-0.4, -0.2) is 18.3 Å². The molecule has 0 N–H and O–H groups in total. The summed E-state index contributed by atoms with van der Waals surface area (Å²) in [6, 6.07) is 9.81. The van der Waals surface area contributed by atoms with Crippen LogP contribution in [0.25, 0.3) is 11.3 Å². The first kappa shape index (κ1) is 13.7. The van der Waals surface area contributed by atoms with Gasteiger partial charge in [-0.2, -0.15) is 0 Å². The number of hydrogen-bond donors (Lipinski definition) is 0. The van der Waals surface area contributed by atoms with Crippen molar-refractivity contribution in [2.24, 2.45) is 4.99 Å². The minimum absolute atomic E-state index is 0.693. The van der Waals surface area contributed by atoms with E-state index in [1.807, 2.05) is 18.2 Å². The molecule has 1 aliphatic carbocycles. The van der Waals surface area contributed by atoms with Crippen LogP contribution in [0.3, 0.4) is 0 Å². The van der Waals surface area contributed by atoms with Gasteiger partial charge in [-0.15, -0.1) is 0 Å². The van der Waals surface area contributed by atoms with Crippen LogP contribution in [0.5, 0.6) is 5.75 Å². The zero-order valence-corrected chi connectivity index (χ0v) is 14.1. The van der Waals surface area contributed by atoms with Gasteiger partial charge in [0.05, 0.1) is 19.0 Å². The Hall–Kier alpha value is -1.92. The van der Waals surface area contributed by atoms with E-state index >= 15 is 0 Å². The van der Waals surface area contributed by atoms with Crippen molar-refractivity contribution in [3.05, 3.63) is 51.2 Å². The fourth-order valence-corrected chi connectivity index (χ4v) is 3.75. The zero-order valence-electron chi connectivity index (χ0n) is 11.7. The average molecular weight is 375 g/mol. The number of halogens is 1. The number of aliphatic imine (C=N–C) groups is 1. The molecule has 0 radical (unpaired) electrons. The third kappa shape index (κ3) is 2.38. The molecule has 0 fully saturated rings. The van der Waals surface area contributed by atoms with Crippen LogP contribution in [0.1, 0.15) is 16.2 Å². The number of hydrogen-bond acceptors (Lipinski definition) is 5. The van der Waals surface area contributed by atoms with Gasteiger partial charge in [-0.25, -0.2) is 9.98 Å². The number of fused-ring (bicyclic) bond motifs is 3. The molecule has 2 aromatic heterocycles. The molecular weight excluding hydrogens is 364 g/mol. The molecule has 0 atom stereocenters. The third-order valence-corrected chi connectivity index (χ3v) is 4.89. The lowest BCUT2D eigenvalue weighted by Gasteiger charge is -2.03. The van der Waals surface area contributed by atoms with Gasteiger partial charge in [-0.3, -0.25) is 0 Å². The summed E-state index contributed by atoms with van der Waals surface area (Å²) in [6.07, 6.45) is 2.58. The van der Waals surface area contributed by atoms with Crippen LogP contribution >= 0.6 is 27.3 Å². The molecule has 22 heavy (non-hydrogen) atoms. The molecule has 4 nitrogen and oxygen atoms in total. The van der Waals surface area contributed by atoms with Gasteiger partial charge in [-0.05, 0) is 51.8 Å². The van der Waals surface area contributed by atoms with Crippen LogP contribution in [0.4, 0.5) is 5.13 Å². The Morgan fingerprint density at radius 1 is 1.36 bits per heavy atom. The van der Waals surface area contributed by atoms with Crippen LogP contribution in [0, 0.1) is 0 Å². The summed E-state index contributed by atoms with van der Waals surface area (Å²) in [5, 5.41) is 0.749. The number of thiazole rings is 1. The summed E-state index contributed by atoms with van der Waals surface area (Å²) >= 11 is 4.89. The number of benzene rings is 1. The van der Waals surface area contributed by atoms with Gasteiger partial charge in [0.15, 0.2) is 4.67 Å². The summed E-state index contributed by atoms with van der Waals surface area (Å²) in [6.45, 7) is 0. The Bertz CT molecular complexity index is 882. The quantitative estimate of drug-likeness (QED) is 0.482. The molecule has 0 spiro atoms. The van der Waals surface area contributed by atoms with E-state index in [1.54, 1.807) is 24.7 Å². The smallest absolute Gasteiger partial charge is 0.210 e. The fraction of sp³-hybridized carbons (Fsp3) is 0.125. The number of rotatable bonds is 3. The van der Waals surface area contributed by atoms with Gasteiger partial charge in [0.2, 0.25) is 5.13 Å². The molecule has 0 saturated carbocycles. The van der Waals surface area contributed by atoms with Crippen LogP contribution in [-0.2, 0) is 6.42 Å². The van der Waals surface area contributed by atoms with Crippen molar-refractivity contribution in [2.45, 2.75) is 6.42 Å². The Balaban J connectivity index is 1.63. The first-order valence-electron chi connectivity index (χ1n) is 6.69. The van der Waals surface area contributed by atoms with E-state index in [0.29, 0.717) is 10.4 Å². The maximum absolute atomic E-state index is 5.39. The highest BCUT2D eigenvalue weighted by molar-refractivity contribution is 9.10. The summed E-state index contributed by atoms with van der Waals surface area (Å²) < 4.78 is 11.4. The Morgan fingerprint density at radius 2 is 2.27 bits per heavy atom. The second kappa shape index (κ2) is 5.37. The van der Waals surface area contributed by atoms with Crippen molar-refractivity contribution in [1.29, 1.82) is 0 Å². The standard InChI is InChI=1S/C16H11BrN2O2S/c1-20-10-2-4-12-9(6-10)7-13-15(12)19-16(22-13)18-8-11-3-5-14(17)21-11/h2-6,8H,7H2,1H3. The number of furan rings is 1. The molecule has 0 amide bonds. The average Bonchev–Trinajstić information content (AvgIpc) is 3.18. The SMILES string of the molecule is COc1ccc2c(c1)Cc1sc(N=Cc3ccc(Br)o3)nc1-2. The Kier molecular flexibility index (Phi) is 3.35. The fourth-order valence-electron chi connectivity index (χ4n) is 2.49. The number of methoxy groups -OCH3 is 1. The van der Waals surface area contributed by atoms with E-state index in [4.69, 9.17) is 9.15 Å². The van der Waals surface area contributed by atoms with Crippen molar-refractivity contribution in [3.8, 4) is 17.0 Å². The summed E-state index contributed by atoms with van der Waals surface area (Å²) in [5.41, 5.74) is 3.48. The predicted molar refractivity (Wildman–Crippen MR) is 90.6 cm³/mol. The molecule has 3 aromatic rings. The van der Waals surface area contributed by atoms with E-state index in [2.05, 4.69) is 38.0 Å². The lowest BCUT2D eigenvalue weighted by atomic mass is 10.1. The molecular formula is C16H11BrN2O2S. The van der Waals surface area contributed by atoms with Crippen molar-refractivity contribution in [2.75, 3.05) is 7.11 Å². The van der Waals surface area contributed by atoms with E-state index in [1.165, 1.54) is 16.0 Å². The monoisotopic (exact) mass is 374 g/mol. The summed E-state index contributed by atoms with van der Waals surface area (Å²) in [7, 11) is 1.69. The highest BCUT2D eigenvalue weighted by Gasteiger charge is 2.23. The molecule has 0 saturated heterocycles. The first-order valence-corrected chi connectivity index (χ1v) is 8.30. The molecule has 2 heterocycles. The second-order valence-corrected chi connectivity index (χ2v) is 6.71. The molecule has 0 unspecified atom stereocenters. The predicted octanol–water partition coefficient (Wildman–Crippen LogP) is 4.83. The lowest BCUT2D eigenvalue weighted by Crippen LogP contribution is -1.86. The largest absolute Gasteiger partial charge is 0.497 e. The number of nitrogens with zero attached hydrogens (tertiary/aromatic N) is 2. The number of ether oxygens (including phenoxy) is 1. The Morgan fingerprint density at radius 3 is 3.05 bits per heavy atom. The van der Waals surface area contributed by atoms with Crippen molar-refractivity contribution < 1.29 is 9.15 Å². The minimum Gasteiger partial charge on any atom is -0.497 e. The van der Waals surface area contributed by atoms with Crippen LogP contribution in [0.2, 0.25) is 0 Å². The molecule has 110 valence electrons. The molecule has 4 rings (SSSR count). The third-order valence-electron chi connectivity index (χ3n) is 3.50. The lowest BCUT2D eigenvalue weighted by molar-refractivity contribution is 0.414. The van der Waals surface area contributed by atoms with Gasteiger partial charge in [0, 0.05) is 16.9 Å². The second-order valence-electron chi connectivity index (χ2n) is 4.87. The highest BCUT2D eigenvalue weighted by Crippen LogP contribution is 2.42. The van der Waals surface area contributed by atoms with Gasteiger partial charge in [-0.1, -0.05) is 11.3 Å². The van der Waals surface area contributed by atoms with E-state index in [0.717, 1.165) is 23.0 Å². The summed E-state index contributed by atoms with van der Waals surface area (Å²) in [4.78, 5) is 10.3. The molecule has 1 aromatic carbocycles. The normalized spacial score (nSPS) is 12.6. The minimum atomic E-state index is 0.693. The van der Waals surface area contributed by atoms with Crippen molar-refractivity contribution in [3.63, 3.8) is 0 Å². The summed E-state index contributed by atoms with van der Waals surface area (Å²) in [5.74, 6) is 1.59. The van der Waals surface area contributed by atoms with Gasteiger partial charge in [0.1, 0.15) is 11.5 Å². The zero-order chi connectivity index (χ0) is 15.1. The van der Waals surface area contributed by atoms with Crippen LogP contribution in [0.15, 0.2) is 44.4 Å². The molecule has 6 heteroatoms. The topological polar surface area (TPSA) is 47.6 Å². The van der Waals surface area contributed by atoms with Crippen LogP contribution < -0.4 is 4.74 Å². The van der Waals surface area contributed by atoms with Gasteiger partial charge < -0.3 is 9.15 Å². The van der Waals surface area contributed by atoms with Gasteiger partial charge >= 0.3 is 0 Å². The van der Waals surface area contributed by atoms with Crippen molar-refractivity contribution in [1.82, 2.24) is 4.98 Å². The highest BCUT2D eigenvalue weighted by atomic mass is 79.9. The maximum atomic E-state index is 5.39. The molecule has 1 aliphatic rings. The Labute approximate surface area is 139 Å². The first-order chi connectivity index (χ1) is 10.7. The van der Waals surface area contributed by atoms with E-state index in [9.17, 15) is 0 Å². The van der Waals surface area contributed by atoms with E-state index in [-0.39, 0.29) is 0 Å². The van der Waals surface area contributed by atoms with Crippen molar-refractivity contribution >= 4 is 38.6 Å². The molecule has 0 aliphatic heterocycles. The molecule has 0 bridgehead atoms. The van der Waals surface area contributed by atoms with E-state index < -0.39 is 0 Å². The maximum Gasteiger partial charge on any atom is 0.210 e.